The molecule has 0 spiro atoms. The van der Waals surface area contributed by atoms with Crippen molar-refractivity contribution in [2.24, 2.45) is 5.84 Å². The van der Waals surface area contributed by atoms with Gasteiger partial charge in [-0.3, -0.25) is 11.3 Å². The Hall–Kier alpha value is -1.37. The van der Waals surface area contributed by atoms with Gasteiger partial charge in [-0.2, -0.15) is 13.2 Å². The number of hydrazine groups is 1. The predicted molar refractivity (Wildman–Crippen MR) is 74.3 cm³/mol. The molecule has 1 aromatic carbocycles. The standard InChI is InChI=1S/C14H15F3N2S/c1-9-5-6-20-13(9)12(19-18)8-10-3-2-4-11(7-10)14(15,16)17/h2-7,12,19H,8,18H2,1H3. The molecule has 108 valence electrons. The Kier molecular flexibility index (Phi) is 4.47. The van der Waals surface area contributed by atoms with E-state index in [-0.39, 0.29) is 6.04 Å². The Morgan fingerprint density at radius 1 is 1.30 bits per heavy atom. The maximum absolute atomic E-state index is 12.7. The van der Waals surface area contributed by atoms with E-state index in [1.807, 2.05) is 18.4 Å². The summed E-state index contributed by atoms with van der Waals surface area (Å²) in [6, 6.07) is 7.14. The molecule has 0 fully saturated rings. The topological polar surface area (TPSA) is 38.0 Å². The molecular weight excluding hydrogens is 285 g/mol. The highest BCUT2D eigenvalue weighted by Crippen LogP contribution is 2.31. The van der Waals surface area contributed by atoms with Crippen LogP contribution in [0, 0.1) is 6.92 Å². The fraction of sp³-hybridized carbons (Fsp3) is 0.286. The van der Waals surface area contributed by atoms with Crippen LogP contribution < -0.4 is 11.3 Å². The third kappa shape index (κ3) is 3.39. The zero-order valence-corrected chi connectivity index (χ0v) is 11.7. The monoisotopic (exact) mass is 300 g/mol. The van der Waals surface area contributed by atoms with Crippen molar-refractivity contribution in [3.05, 3.63) is 57.3 Å². The highest BCUT2D eigenvalue weighted by molar-refractivity contribution is 7.10. The van der Waals surface area contributed by atoms with Crippen LogP contribution >= 0.6 is 11.3 Å². The molecule has 2 nitrogen and oxygen atoms in total. The van der Waals surface area contributed by atoms with Crippen LogP contribution in [0.25, 0.3) is 0 Å². The summed E-state index contributed by atoms with van der Waals surface area (Å²) in [5, 5.41) is 1.95. The number of thiophene rings is 1. The van der Waals surface area contributed by atoms with Gasteiger partial charge < -0.3 is 0 Å². The van der Waals surface area contributed by atoms with Crippen molar-refractivity contribution < 1.29 is 13.2 Å². The van der Waals surface area contributed by atoms with Crippen LogP contribution in [-0.2, 0) is 12.6 Å². The first kappa shape index (κ1) is 15.0. The Labute approximate surface area is 119 Å². The molecule has 1 aromatic heterocycles. The first-order chi connectivity index (χ1) is 9.41. The lowest BCUT2D eigenvalue weighted by atomic mass is 10.0. The van der Waals surface area contributed by atoms with Gasteiger partial charge in [0.05, 0.1) is 11.6 Å². The van der Waals surface area contributed by atoms with Gasteiger partial charge in [0.25, 0.3) is 0 Å². The summed E-state index contributed by atoms with van der Waals surface area (Å²) in [4.78, 5) is 1.05. The number of nitrogens with one attached hydrogen (secondary N) is 1. The normalized spacial score (nSPS) is 13.4. The molecule has 0 radical (unpaired) electrons. The van der Waals surface area contributed by atoms with Crippen molar-refractivity contribution in [2.45, 2.75) is 25.6 Å². The number of aryl methyl sites for hydroxylation is 1. The van der Waals surface area contributed by atoms with Crippen LogP contribution in [0.15, 0.2) is 35.7 Å². The van der Waals surface area contributed by atoms with E-state index < -0.39 is 11.7 Å². The molecule has 1 atom stereocenters. The average Bonchev–Trinajstić information content (AvgIpc) is 2.81. The van der Waals surface area contributed by atoms with Crippen LogP contribution in [0.2, 0.25) is 0 Å². The third-order valence-corrected chi connectivity index (χ3v) is 4.25. The van der Waals surface area contributed by atoms with Gasteiger partial charge in [0, 0.05) is 4.88 Å². The molecule has 20 heavy (non-hydrogen) atoms. The van der Waals surface area contributed by atoms with Crippen molar-refractivity contribution in [1.82, 2.24) is 5.43 Å². The lowest BCUT2D eigenvalue weighted by Crippen LogP contribution is -2.29. The molecule has 2 rings (SSSR count). The van der Waals surface area contributed by atoms with Crippen LogP contribution in [0.5, 0.6) is 0 Å². The van der Waals surface area contributed by atoms with E-state index in [2.05, 4.69) is 5.43 Å². The van der Waals surface area contributed by atoms with Gasteiger partial charge in [-0.05, 0) is 42.0 Å². The Balaban J connectivity index is 2.23. The quantitative estimate of drug-likeness (QED) is 0.665. The molecule has 0 saturated carbocycles. The molecule has 0 saturated heterocycles. The smallest absolute Gasteiger partial charge is 0.271 e. The molecule has 0 bridgehead atoms. The van der Waals surface area contributed by atoms with Gasteiger partial charge in [0.1, 0.15) is 0 Å². The molecule has 0 aliphatic heterocycles. The zero-order chi connectivity index (χ0) is 14.8. The maximum atomic E-state index is 12.7. The van der Waals surface area contributed by atoms with E-state index in [1.54, 1.807) is 17.4 Å². The van der Waals surface area contributed by atoms with Crippen LogP contribution in [0.4, 0.5) is 13.2 Å². The summed E-state index contributed by atoms with van der Waals surface area (Å²) >= 11 is 1.55. The second kappa shape index (κ2) is 5.95. The summed E-state index contributed by atoms with van der Waals surface area (Å²) < 4.78 is 38.1. The first-order valence-electron chi connectivity index (χ1n) is 6.08. The van der Waals surface area contributed by atoms with Crippen molar-refractivity contribution >= 4 is 11.3 Å². The van der Waals surface area contributed by atoms with E-state index in [0.717, 1.165) is 16.5 Å². The lowest BCUT2D eigenvalue weighted by Gasteiger charge is -2.16. The SMILES string of the molecule is Cc1ccsc1C(Cc1cccc(C(F)(F)F)c1)NN. The second-order valence-corrected chi connectivity index (χ2v) is 5.54. The number of rotatable bonds is 4. The van der Waals surface area contributed by atoms with E-state index in [9.17, 15) is 13.2 Å². The molecule has 1 heterocycles. The average molecular weight is 300 g/mol. The third-order valence-electron chi connectivity index (χ3n) is 3.11. The van der Waals surface area contributed by atoms with E-state index in [4.69, 9.17) is 5.84 Å². The Bertz CT molecular complexity index is 578. The van der Waals surface area contributed by atoms with Gasteiger partial charge in [-0.1, -0.05) is 18.2 Å². The minimum atomic E-state index is -4.32. The largest absolute Gasteiger partial charge is 0.416 e. The van der Waals surface area contributed by atoms with E-state index >= 15 is 0 Å². The minimum absolute atomic E-state index is 0.182. The van der Waals surface area contributed by atoms with Gasteiger partial charge in [0.2, 0.25) is 0 Å². The summed E-state index contributed by atoms with van der Waals surface area (Å²) in [7, 11) is 0. The summed E-state index contributed by atoms with van der Waals surface area (Å²) in [5.74, 6) is 5.54. The number of nitrogens with two attached hydrogens (primary N) is 1. The zero-order valence-electron chi connectivity index (χ0n) is 10.9. The van der Waals surface area contributed by atoms with Crippen molar-refractivity contribution in [2.75, 3.05) is 0 Å². The molecule has 3 N–H and O–H groups in total. The number of alkyl halides is 3. The molecule has 0 aliphatic rings. The minimum Gasteiger partial charge on any atom is -0.271 e. The highest BCUT2D eigenvalue weighted by Gasteiger charge is 2.30. The van der Waals surface area contributed by atoms with Gasteiger partial charge in [-0.25, -0.2) is 0 Å². The summed E-state index contributed by atoms with van der Waals surface area (Å²) in [6.07, 6.45) is -3.90. The molecule has 0 aliphatic carbocycles. The van der Waals surface area contributed by atoms with Crippen molar-refractivity contribution in [3.63, 3.8) is 0 Å². The van der Waals surface area contributed by atoms with Crippen LogP contribution in [-0.4, -0.2) is 0 Å². The number of benzene rings is 1. The number of hydrogen-bond donors (Lipinski definition) is 2. The Morgan fingerprint density at radius 2 is 2.05 bits per heavy atom. The molecule has 1 unspecified atom stereocenters. The van der Waals surface area contributed by atoms with Gasteiger partial charge in [0.15, 0.2) is 0 Å². The van der Waals surface area contributed by atoms with E-state index in [0.29, 0.717) is 12.0 Å². The van der Waals surface area contributed by atoms with Crippen LogP contribution in [0.3, 0.4) is 0 Å². The molecular formula is C14H15F3N2S. The van der Waals surface area contributed by atoms with Gasteiger partial charge in [-0.15, -0.1) is 11.3 Å². The second-order valence-electron chi connectivity index (χ2n) is 4.59. The fourth-order valence-corrected chi connectivity index (χ4v) is 3.07. The first-order valence-corrected chi connectivity index (χ1v) is 6.96. The van der Waals surface area contributed by atoms with Crippen LogP contribution in [0.1, 0.15) is 27.6 Å². The summed E-state index contributed by atoms with van der Waals surface area (Å²) in [5.41, 5.74) is 3.75. The highest BCUT2D eigenvalue weighted by atomic mass is 32.1. The fourth-order valence-electron chi connectivity index (χ4n) is 2.08. The van der Waals surface area contributed by atoms with Crippen molar-refractivity contribution in [3.8, 4) is 0 Å². The predicted octanol–water partition coefficient (Wildman–Crippen LogP) is 3.82. The van der Waals surface area contributed by atoms with Gasteiger partial charge >= 0.3 is 6.18 Å². The van der Waals surface area contributed by atoms with Crippen molar-refractivity contribution in [1.29, 1.82) is 0 Å². The Morgan fingerprint density at radius 3 is 2.60 bits per heavy atom. The maximum Gasteiger partial charge on any atom is 0.416 e. The number of hydrogen-bond acceptors (Lipinski definition) is 3. The molecule has 6 heteroatoms. The van der Waals surface area contributed by atoms with E-state index in [1.165, 1.54) is 12.1 Å². The lowest BCUT2D eigenvalue weighted by molar-refractivity contribution is -0.137. The molecule has 2 aromatic rings. The molecule has 0 amide bonds. The number of halogens is 3. The summed E-state index contributed by atoms with van der Waals surface area (Å²) in [6.45, 7) is 1.96.